The van der Waals surface area contributed by atoms with Crippen LogP contribution in [0.15, 0.2) is 76.2 Å². The van der Waals surface area contributed by atoms with E-state index in [0.717, 1.165) is 4.31 Å². The monoisotopic (exact) mass is 402 g/mol. The van der Waals surface area contributed by atoms with Crippen LogP contribution < -0.4 is 4.31 Å². The van der Waals surface area contributed by atoms with E-state index < -0.39 is 15.8 Å². The molecule has 8 heteroatoms. The maximum Gasteiger partial charge on any atom is 0.264 e. The first-order chi connectivity index (χ1) is 13.3. The van der Waals surface area contributed by atoms with Crippen molar-refractivity contribution in [2.24, 2.45) is 0 Å². The molecule has 0 atom stereocenters. The summed E-state index contributed by atoms with van der Waals surface area (Å²) < 4.78 is 45.2. The van der Waals surface area contributed by atoms with Crippen LogP contribution in [0, 0.1) is 5.82 Å². The summed E-state index contributed by atoms with van der Waals surface area (Å²) in [6, 6.07) is 14.4. The highest BCUT2D eigenvalue weighted by Crippen LogP contribution is 2.23. The largest absolute Gasteiger partial charge is 0.467 e. The zero-order valence-corrected chi connectivity index (χ0v) is 16.2. The summed E-state index contributed by atoms with van der Waals surface area (Å²) in [5.74, 6) is -0.171. The zero-order valence-electron chi connectivity index (χ0n) is 15.4. The van der Waals surface area contributed by atoms with Crippen molar-refractivity contribution >= 4 is 21.6 Å². The molecule has 0 saturated heterocycles. The molecule has 2 aromatic carbocycles. The van der Waals surface area contributed by atoms with Crippen molar-refractivity contribution in [2.75, 3.05) is 18.4 Å². The van der Waals surface area contributed by atoms with Crippen molar-refractivity contribution in [3.8, 4) is 0 Å². The highest BCUT2D eigenvalue weighted by Gasteiger charge is 2.23. The maximum absolute atomic E-state index is 13.1. The first-order valence-electron chi connectivity index (χ1n) is 8.41. The van der Waals surface area contributed by atoms with Crippen molar-refractivity contribution in [3.63, 3.8) is 0 Å². The maximum atomic E-state index is 13.1. The van der Waals surface area contributed by atoms with Crippen LogP contribution in [0.4, 0.5) is 10.1 Å². The second-order valence-electron chi connectivity index (χ2n) is 6.22. The van der Waals surface area contributed by atoms with Crippen molar-refractivity contribution in [1.29, 1.82) is 0 Å². The summed E-state index contributed by atoms with van der Waals surface area (Å²) in [5, 5.41) is 0. The van der Waals surface area contributed by atoms with E-state index in [1.54, 1.807) is 25.2 Å². The van der Waals surface area contributed by atoms with Crippen LogP contribution in [0.2, 0.25) is 0 Å². The normalized spacial score (nSPS) is 11.2. The van der Waals surface area contributed by atoms with E-state index in [2.05, 4.69) is 0 Å². The Morgan fingerprint density at radius 1 is 1.04 bits per heavy atom. The number of halogens is 1. The SMILES string of the molecule is CN(Cc1ccco1)C(=O)c1cccc(S(=O)(=O)N(C)c2ccc(F)cc2)c1. The quantitative estimate of drug-likeness (QED) is 0.633. The number of sulfonamides is 1. The minimum atomic E-state index is -3.91. The molecular weight excluding hydrogens is 383 g/mol. The molecule has 1 heterocycles. The van der Waals surface area contributed by atoms with E-state index in [1.165, 1.54) is 60.7 Å². The fraction of sp³-hybridized carbons (Fsp3) is 0.150. The third-order valence-electron chi connectivity index (χ3n) is 4.25. The van der Waals surface area contributed by atoms with Gasteiger partial charge in [-0.2, -0.15) is 0 Å². The third kappa shape index (κ3) is 4.07. The van der Waals surface area contributed by atoms with Crippen LogP contribution >= 0.6 is 0 Å². The van der Waals surface area contributed by atoms with Crippen LogP contribution in [-0.2, 0) is 16.6 Å². The van der Waals surface area contributed by atoms with Crippen molar-refractivity contribution in [1.82, 2.24) is 4.90 Å². The predicted molar refractivity (Wildman–Crippen MR) is 103 cm³/mol. The molecular formula is C20H19FN2O4S. The molecule has 3 aromatic rings. The minimum absolute atomic E-state index is 0.0310. The molecule has 0 spiro atoms. The molecule has 3 rings (SSSR count). The van der Waals surface area contributed by atoms with Crippen molar-refractivity contribution in [3.05, 3.63) is 84.1 Å². The molecule has 0 aliphatic heterocycles. The van der Waals surface area contributed by atoms with Gasteiger partial charge in [0, 0.05) is 19.7 Å². The lowest BCUT2D eigenvalue weighted by Gasteiger charge is -2.20. The van der Waals surface area contributed by atoms with Gasteiger partial charge < -0.3 is 9.32 Å². The number of carbonyl (C=O) groups excluding carboxylic acids is 1. The van der Waals surface area contributed by atoms with Gasteiger partial charge in [-0.05, 0) is 54.6 Å². The van der Waals surface area contributed by atoms with Crippen LogP contribution in [0.3, 0.4) is 0 Å². The van der Waals surface area contributed by atoms with Gasteiger partial charge in [0.05, 0.1) is 23.4 Å². The first kappa shape index (κ1) is 19.6. The molecule has 146 valence electrons. The van der Waals surface area contributed by atoms with Crippen LogP contribution in [-0.4, -0.2) is 33.3 Å². The van der Waals surface area contributed by atoms with E-state index in [9.17, 15) is 17.6 Å². The fourth-order valence-corrected chi connectivity index (χ4v) is 3.91. The van der Waals surface area contributed by atoms with Crippen LogP contribution in [0.5, 0.6) is 0 Å². The predicted octanol–water partition coefficient (Wildman–Crippen LogP) is 3.52. The molecule has 0 unspecified atom stereocenters. The number of anilines is 1. The van der Waals surface area contributed by atoms with Gasteiger partial charge in [0.2, 0.25) is 0 Å². The number of hydrogen-bond acceptors (Lipinski definition) is 4. The number of carbonyl (C=O) groups is 1. The second kappa shape index (κ2) is 7.85. The Bertz CT molecular complexity index is 1060. The van der Waals surface area contributed by atoms with Gasteiger partial charge in [0.15, 0.2) is 0 Å². The van der Waals surface area contributed by atoms with Gasteiger partial charge in [-0.15, -0.1) is 0 Å². The number of nitrogens with zero attached hydrogens (tertiary/aromatic N) is 2. The highest BCUT2D eigenvalue weighted by molar-refractivity contribution is 7.92. The van der Waals surface area contributed by atoms with Gasteiger partial charge >= 0.3 is 0 Å². The van der Waals surface area contributed by atoms with Gasteiger partial charge in [-0.3, -0.25) is 9.10 Å². The summed E-state index contributed by atoms with van der Waals surface area (Å²) in [4.78, 5) is 14.1. The topological polar surface area (TPSA) is 70.8 Å². The standard InChI is InChI=1S/C20H19FN2O4S/c1-22(14-18-6-4-12-27-18)20(24)15-5-3-7-19(13-15)28(25,26)23(2)17-10-8-16(21)9-11-17/h3-13H,14H2,1-2H3. The third-order valence-corrected chi connectivity index (χ3v) is 6.03. The van der Waals surface area contributed by atoms with Gasteiger partial charge in [0.25, 0.3) is 15.9 Å². The van der Waals surface area contributed by atoms with E-state index in [-0.39, 0.29) is 22.9 Å². The molecule has 1 amide bonds. The molecule has 6 nitrogen and oxygen atoms in total. The zero-order chi connectivity index (χ0) is 20.3. The molecule has 0 aliphatic carbocycles. The lowest BCUT2D eigenvalue weighted by molar-refractivity contribution is 0.0775. The van der Waals surface area contributed by atoms with Crippen molar-refractivity contribution in [2.45, 2.75) is 11.4 Å². The summed E-state index contributed by atoms with van der Waals surface area (Å²) in [5.41, 5.74) is 0.552. The Balaban J connectivity index is 1.85. The molecule has 0 bridgehead atoms. The number of rotatable bonds is 6. The lowest BCUT2D eigenvalue weighted by Crippen LogP contribution is -2.28. The van der Waals surface area contributed by atoms with Crippen molar-refractivity contribution < 1.29 is 22.0 Å². The Kier molecular flexibility index (Phi) is 5.51. The average molecular weight is 402 g/mol. The second-order valence-corrected chi connectivity index (χ2v) is 8.19. The number of furan rings is 1. The summed E-state index contributed by atoms with van der Waals surface area (Å²) in [6.07, 6.45) is 1.52. The minimum Gasteiger partial charge on any atom is -0.467 e. The fourth-order valence-electron chi connectivity index (χ4n) is 2.67. The van der Waals surface area contributed by atoms with Gasteiger partial charge in [-0.1, -0.05) is 6.07 Å². The molecule has 0 aliphatic rings. The Morgan fingerprint density at radius 2 is 1.75 bits per heavy atom. The summed E-state index contributed by atoms with van der Waals surface area (Å²) in [7, 11) is -0.932. The number of hydrogen-bond donors (Lipinski definition) is 0. The van der Waals surface area contributed by atoms with Crippen LogP contribution in [0.1, 0.15) is 16.1 Å². The smallest absolute Gasteiger partial charge is 0.264 e. The van der Waals surface area contributed by atoms with E-state index in [1.807, 2.05) is 0 Å². The Hall–Kier alpha value is -3.13. The first-order valence-corrected chi connectivity index (χ1v) is 9.85. The Labute approximate surface area is 162 Å². The molecule has 0 fully saturated rings. The molecule has 1 aromatic heterocycles. The molecule has 0 saturated carbocycles. The number of amides is 1. The average Bonchev–Trinajstić information content (AvgIpc) is 3.20. The summed E-state index contributed by atoms with van der Waals surface area (Å²) in [6.45, 7) is 0.262. The molecule has 0 radical (unpaired) electrons. The van der Waals surface area contributed by atoms with E-state index in [0.29, 0.717) is 11.4 Å². The van der Waals surface area contributed by atoms with Gasteiger partial charge in [-0.25, -0.2) is 12.8 Å². The van der Waals surface area contributed by atoms with E-state index >= 15 is 0 Å². The van der Waals surface area contributed by atoms with Gasteiger partial charge in [0.1, 0.15) is 11.6 Å². The number of benzene rings is 2. The summed E-state index contributed by atoms with van der Waals surface area (Å²) >= 11 is 0. The highest BCUT2D eigenvalue weighted by atomic mass is 32.2. The Morgan fingerprint density at radius 3 is 2.39 bits per heavy atom. The molecule has 0 N–H and O–H groups in total. The molecule has 28 heavy (non-hydrogen) atoms. The lowest BCUT2D eigenvalue weighted by atomic mass is 10.2. The van der Waals surface area contributed by atoms with Crippen LogP contribution in [0.25, 0.3) is 0 Å². The van der Waals surface area contributed by atoms with E-state index in [4.69, 9.17) is 4.42 Å².